The Morgan fingerprint density at radius 2 is 2.28 bits per heavy atom. The third-order valence-electron chi connectivity index (χ3n) is 2.45. The van der Waals surface area contributed by atoms with Crippen LogP contribution in [0.15, 0.2) is 23.1 Å². The highest BCUT2D eigenvalue weighted by atomic mass is 32.1. The van der Waals surface area contributed by atoms with Crippen LogP contribution in [0, 0.1) is 6.92 Å². The van der Waals surface area contributed by atoms with Crippen LogP contribution in [0.25, 0.3) is 0 Å². The number of nitrogens with zero attached hydrogens (tertiary/aromatic N) is 3. The van der Waals surface area contributed by atoms with E-state index in [4.69, 9.17) is 0 Å². The van der Waals surface area contributed by atoms with Crippen molar-refractivity contribution >= 4 is 16.5 Å². The molecule has 0 aliphatic rings. The highest BCUT2D eigenvalue weighted by Crippen LogP contribution is 2.15. The third-order valence-corrected chi connectivity index (χ3v) is 3.32. The highest BCUT2D eigenvalue weighted by molar-refractivity contribution is 7.15. The summed E-state index contributed by atoms with van der Waals surface area (Å²) < 4.78 is 1.64. The molecule has 0 unspecified atom stereocenters. The molecule has 6 heteroatoms. The maximum absolute atomic E-state index is 11.7. The maximum Gasteiger partial charge on any atom is 0.251 e. The number of hydrogen-bond acceptors (Lipinski definition) is 5. The SMILES string of the molecule is CCCNc1nnc(Cn2ccc(C)cc2=O)s1. The first kappa shape index (κ1) is 12.8. The van der Waals surface area contributed by atoms with Crippen molar-refractivity contribution in [3.05, 3.63) is 39.3 Å². The second kappa shape index (κ2) is 5.77. The lowest BCUT2D eigenvalue weighted by Crippen LogP contribution is -2.19. The molecule has 0 spiro atoms. The Labute approximate surface area is 110 Å². The van der Waals surface area contributed by atoms with Gasteiger partial charge >= 0.3 is 0 Å². The van der Waals surface area contributed by atoms with Crippen molar-refractivity contribution in [2.24, 2.45) is 0 Å². The van der Waals surface area contributed by atoms with Crippen LogP contribution < -0.4 is 10.9 Å². The summed E-state index contributed by atoms with van der Waals surface area (Å²) in [6.45, 7) is 5.37. The topological polar surface area (TPSA) is 59.8 Å². The van der Waals surface area contributed by atoms with Gasteiger partial charge in [0.2, 0.25) is 5.13 Å². The lowest BCUT2D eigenvalue weighted by molar-refractivity contribution is 0.742. The second-order valence-electron chi connectivity index (χ2n) is 4.10. The van der Waals surface area contributed by atoms with Crippen molar-refractivity contribution in [3.8, 4) is 0 Å². The fourth-order valence-electron chi connectivity index (χ4n) is 1.50. The van der Waals surface area contributed by atoms with Gasteiger partial charge in [-0.1, -0.05) is 18.3 Å². The first-order chi connectivity index (χ1) is 8.69. The Hall–Kier alpha value is -1.69. The lowest BCUT2D eigenvalue weighted by Gasteiger charge is -2.02. The smallest absolute Gasteiger partial charge is 0.251 e. The molecule has 0 bridgehead atoms. The van der Waals surface area contributed by atoms with Crippen LogP contribution in [0.3, 0.4) is 0 Å². The number of anilines is 1. The molecule has 0 saturated heterocycles. The van der Waals surface area contributed by atoms with Gasteiger partial charge in [0.05, 0.1) is 6.54 Å². The monoisotopic (exact) mass is 264 g/mol. The minimum Gasteiger partial charge on any atom is -0.360 e. The van der Waals surface area contributed by atoms with Gasteiger partial charge in [-0.15, -0.1) is 10.2 Å². The Kier molecular flexibility index (Phi) is 4.09. The van der Waals surface area contributed by atoms with Gasteiger partial charge in [0.1, 0.15) is 5.01 Å². The van der Waals surface area contributed by atoms with E-state index >= 15 is 0 Å². The molecule has 1 N–H and O–H groups in total. The van der Waals surface area contributed by atoms with Crippen molar-refractivity contribution < 1.29 is 0 Å². The van der Waals surface area contributed by atoms with Gasteiger partial charge in [0.15, 0.2) is 0 Å². The quantitative estimate of drug-likeness (QED) is 0.895. The van der Waals surface area contributed by atoms with Crippen LogP contribution in [-0.2, 0) is 6.54 Å². The maximum atomic E-state index is 11.7. The zero-order valence-electron chi connectivity index (χ0n) is 10.5. The van der Waals surface area contributed by atoms with E-state index in [0.29, 0.717) is 6.54 Å². The molecule has 18 heavy (non-hydrogen) atoms. The van der Waals surface area contributed by atoms with E-state index in [2.05, 4.69) is 22.4 Å². The van der Waals surface area contributed by atoms with Gasteiger partial charge in [-0.3, -0.25) is 4.79 Å². The summed E-state index contributed by atoms with van der Waals surface area (Å²) in [5.74, 6) is 0. The number of hydrogen-bond donors (Lipinski definition) is 1. The van der Waals surface area contributed by atoms with Gasteiger partial charge < -0.3 is 9.88 Å². The number of pyridine rings is 1. The zero-order valence-corrected chi connectivity index (χ0v) is 11.3. The van der Waals surface area contributed by atoms with E-state index in [1.165, 1.54) is 11.3 Å². The van der Waals surface area contributed by atoms with E-state index in [1.807, 2.05) is 13.0 Å². The summed E-state index contributed by atoms with van der Waals surface area (Å²) >= 11 is 1.49. The summed E-state index contributed by atoms with van der Waals surface area (Å²) in [7, 11) is 0. The largest absolute Gasteiger partial charge is 0.360 e. The van der Waals surface area contributed by atoms with Gasteiger partial charge in [-0.25, -0.2) is 0 Å². The molecule has 0 amide bonds. The number of nitrogens with one attached hydrogen (secondary N) is 1. The summed E-state index contributed by atoms with van der Waals surface area (Å²) in [6, 6.07) is 3.54. The molecule has 0 radical (unpaired) electrons. The molecule has 2 aromatic heterocycles. The molecule has 0 fully saturated rings. The highest BCUT2D eigenvalue weighted by Gasteiger charge is 2.05. The normalized spacial score (nSPS) is 10.6. The molecule has 5 nitrogen and oxygen atoms in total. The van der Waals surface area contributed by atoms with Crippen molar-refractivity contribution in [2.45, 2.75) is 26.8 Å². The zero-order chi connectivity index (χ0) is 13.0. The van der Waals surface area contributed by atoms with Crippen molar-refractivity contribution in [1.82, 2.24) is 14.8 Å². The summed E-state index contributed by atoms with van der Waals surface area (Å²) in [4.78, 5) is 11.7. The molecule has 0 saturated carbocycles. The minimum absolute atomic E-state index is 0.00623. The predicted octanol–water partition coefficient (Wildman–Crippen LogP) is 1.88. The van der Waals surface area contributed by atoms with Gasteiger partial charge in [0, 0.05) is 18.8 Å². The number of rotatable bonds is 5. The first-order valence-corrected chi connectivity index (χ1v) is 6.74. The van der Waals surface area contributed by atoms with Crippen molar-refractivity contribution in [1.29, 1.82) is 0 Å². The van der Waals surface area contributed by atoms with E-state index < -0.39 is 0 Å². The Morgan fingerprint density at radius 3 is 3.00 bits per heavy atom. The number of aryl methyl sites for hydroxylation is 1. The van der Waals surface area contributed by atoms with E-state index in [-0.39, 0.29) is 5.56 Å². The molecule has 2 rings (SSSR count). The molecule has 2 heterocycles. The minimum atomic E-state index is -0.00623. The molecule has 0 aromatic carbocycles. The molecule has 2 aromatic rings. The molecule has 96 valence electrons. The third kappa shape index (κ3) is 3.16. The molecule has 0 atom stereocenters. The summed E-state index contributed by atoms with van der Waals surface area (Å²) in [5.41, 5.74) is 0.965. The van der Waals surface area contributed by atoms with Crippen LogP contribution in [0.5, 0.6) is 0 Å². The van der Waals surface area contributed by atoms with Crippen molar-refractivity contribution in [3.63, 3.8) is 0 Å². The van der Waals surface area contributed by atoms with Crippen molar-refractivity contribution in [2.75, 3.05) is 11.9 Å². The molecule has 0 aliphatic carbocycles. The van der Waals surface area contributed by atoms with E-state index in [9.17, 15) is 4.79 Å². The predicted molar refractivity (Wildman–Crippen MR) is 73.2 cm³/mol. The van der Waals surface area contributed by atoms with Crippen LogP contribution in [0.1, 0.15) is 23.9 Å². The Bertz CT molecular complexity index is 575. The lowest BCUT2D eigenvalue weighted by atomic mass is 10.3. The van der Waals surface area contributed by atoms with Gasteiger partial charge in [-0.05, 0) is 25.0 Å². The Balaban J connectivity index is 2.09. The van der Waals surface area contributed by atoms with E-state index in [0.717, 1.165) is 28.7 Å². The van der Waals surface area contributed by atoms with Crippen LogP contribution in [0.2, 0.25) is 0 Å². The van der Waals surface area contributed by atoms with Gasteiger partial charge in [0.25, 0.3) is 5.56 Å². The standard InChI is InChI=1S/C12H16N4OS/c1-3-5-13-12-15-14-10(18-12)8-16-6-4-9(2)7-11(16)17/h4,6-7H,3,5,8H2,1-2H3,(H,13,15). The first-order valence-electron chi connectivity index (χ1n) is 5.92. The van der Waals surface area contributed by atoms with Crippen LogP contribution in [-0.4, -0.2) is 21.3 Å². The molecular formula is C12H16N4OS. The fraction of sp³-hybridized carbons (Fsp3) is 0.417. The fourth-order valence-corrected chi connectivity index (χ4v) is 2.27. The van der Waals surface area contributed by atoms with Crippen LogP contribution >= 0.6 is 11.3 Å². The van der Waals surface area contributed by atoms with Gasteiger partial charge in [-0.2, -0.15) is 0 Å². The average molecular weight is 264 g/mol. The summed E-state index contributed by atoms with van der Waals surface area (Å²) in [5, 5.41) is 12.9. The molecule has 0 aliphatic heterocycles. The molecular weight excluding hydrogens is 248 g/mol. The Morgan fingerprint density at radius 1 is 1.44 bits per heavy atom. The average Bonchev–Trinajstić information content (AvgIpc) is 2.78. The number of aromatic nitrogens is 3. The summed E-state index contributed by atoms with van der Waals surface area (Å²) in [6.07, 6.45) is 2.84. The van der Waals surface area contributed by atoms with Crippen LogP contribution in [0.4, 0.5) is 5.13 Å². The second-order valence-corrected chi connectivity index (χ2v) is 5.16. The van der Waals surface area contributed by atoms with E-state index in [1.54, 1.807) is 16.8 Å².